The number of carbonyl (C=O) groups is 1. The second-order valence-corrected chi connectivity index (χ2v) is 5.67. The van der Waals surface area contributed by atoms with E-state index in [4.69, 9.17) is 4.74 Å². The number of ether oxygens (including phenoxy) is 1. The van der Waals surface area contributed by atoms with Crippen LogP contribution in [0.3, 0.4) is 0 Å². The highest BCUT2D eigenvalue weighted by Gasteiger charge is 2.21. The van der Waals surface area contributed by atoms with Gasteiger partial charge in [0.15, 0.2) is 18.2 Å². The Bertz CT molecular complexity index is 911. The van der Waals surface area contributed by atoms with Gasteiger partial charge in [-0.15, -0.1) is 0 Å². The second kappa shape index (κ2) is 7.77. The number of nitrogens with zero attached hydrogens (tertiary/aromatic N) is 2. The van der Waals surface area contributed by atoms with Crippen molar-refractivity contribution in [1.82, 2.24) is 14.9 Å². The SMILES string of the molecule is Cn1ccnc1[C@H](NC(=O)COc1ccccc1F)c1cccc(F)c1. The summed E-state index contributed by atoms with van der Waals surface area (Å²) < 4.78 is 34.1. The number of amides is 1. The molecule has 3 rings (SSSR count). The average molecular weight is 357 g/mol. The molecule has 5 nitrogen and oxygen atoms in total. The summed E-state index contributed by atoms with van der Waals surface area (Å²) in [4.78, 5) is 16.5. The smallest absolute Gasteiger partial charge is 0.258 e. The first-order chi connectivity index (χ1) is 12.5. The molecule has 0 aliphatic rings. The van der Waals surface area contributed by atoms with Crippen LogP contribution in [0.1, 0.15) is 17.4 Å². The number of nitrogens with one attached hydrogen (secondary N) is 1. The van der Waals surface area contributed by atoms with Crippen molar-refractivity contribution in [2.75, 3.05) is 6.61 Å². The minimum Gasteiger partial charge on any atom is -0.481 e. The molecule has 26 heavy (non-hydrogen) atoms. The summed E-state index contributed by atoms with van der Waals surface area (Å²) in [6, 6.07) is 11.1. The van der Waals surface area contributed by atoms with Gasteiger partial charge in [-0.3, -0.25) is 4.79 Å². The number of carbonyl (C=O) groups excluding carboxylic acids is 1. The lowest BCUT2D eigenvalue weighted by Crippen LogP contribution is -2.34. The molecule has 1 N–H and O–H groups in total. The van der Waals surface area contributed by atoms with E-state index in [1.807, 2.05) is 0 Å². The Kier molecular flexibility index (Phi) is 5.26. The average Bonchev–Trinajstić information content (AvgIpc) is 3.05. The minimum absolute atomic E-state index is 0.0121. The molecule has 1 aromatic heterocycles. The molecule has 0 aliphatic carbocycles. The molecular formula is C19H17F2N3O2. The van der Waals surface area contributed by atoms with Crippen LogP contribution in [-0.4, -0.2) is 22.1 Å². The molecule has 1 amide bonds. The standard InChI is InChI=1S/C19H17F2N3O2/c1-24-10-9-22-19(24)18(13-5-4-6-14(20)11-13)23-17(25)12-26-16-8-3-2-7-15(16)21/h2-11,18H,12H2,1H3,(H,23,25)/t18-/m1/s1. The van der Waals surface area contributed by atoms with Gasteiger partial charge in [0.1, 0.15) is 17.7 Å². The summed E-state index contributed by atoms with van der Waals surface area (Å²) in [6.07, 6.45) is 3.31. The normalized spacial score (nSPS) is 11.8. The predicted octanol–water partition coefficient (Wildman–Crippen LogP) is 2.98. The van der Waals surface area contributed by atoms with E-state index in [1.54, 1.807) is 42.2 Å². The molecule has 7 heteroatoms. The molecular weight excluding hydrogens is 340 g/mol. The van der Waals surface area contributed by atoms with E-state index in [9.17, 15) is 13.6 Å². The second-order valence-electron chi connectivity index (χ2n) is 5.67. The summed E-state index contributed by atoms with van der Waals surface area (Å²) in [5.41, 5.74) is 0.540. The molecule has 0 unspecified atom stereocenters. The zero-order chi connectivity index (χ0) is 18.5. The number of hydrogen-bond acceptors (Lipinski definition) is 3. The molecule has 0 bridgehead atoms. The van der Waals surface area contributed by atoms with Gasteiger partial charge >= 0.3 is 0 Å². The van der Waals surface area contributed by atoms with Gasteiger partial charge in [0, 0.05) is 19.4 Å². The highest BCUT2D eigenvalue weighted by atomic mass is 19.1. The Labute approximate surface area is 149 Å². The van der Waals surface area contributed by atoms with Gasteiger partial charge in [-0.25, -0.2) is 13.8 Å². The lowest BCUT2D eigenvalue weighted by molar-refractivity contribution is -0.123. The Morgan fingerprint density at radius 2 is 2.04 bits per heavy atom. The summed E-state index contributed by atoms with van der Waals surface area (Å²) in [5.74, 6) is -0.924. The third kappa shape index (κ3) is 4.05. The Hall–Kier alpha value is -3.22. The fourth-order valence-electron chi connectivity index (χ4n) is 2.55. The van der Waals surface area contributed by atoms with E-state index in [-0.39, 0.29) is 12.4 Å². The monoisotopic (exact) mass is 357 g/mol. The van der Waals surface area contributed by atoms with Crippen LogP contribution in [0.5, 0.6) is 5.75 Å². The molecule has 0 spiro atoms. The first kappa shape index (κ1) is 17.6. The molecule has 0 saturated carbocycles. The van der Waals surface area contributed by atoms with Gasteiger partial charge in [-0.1, -0.05) is 24.3 Å². The fourth-order valence-corrected chi connectivity index (χ4v) is 2.55. The lowest BCUT2D eigenvalue weighted by Gasteiger charge is -2.19. The number of aryl methyl sites for hydroxylation is 1. The van der Waals surface area contributed by atoms with Crippen molar-refractivity contribution >= 4 is 5.91 Å². The van der Waals surface area contributed by atoms with Crippen molar-refractivity contribution in [2.45, 2.75) is 6.04 Å². The Balaban J connectivity index is 1.76. The Morgan fingerprint density at radius 3 is 2.73 bits per heavy atom. The molecule has 0 saturated heterocycles. The van der Waals surface area contributed by atoms with Crippen LogP contribution in [0.15, 0.2) is 60.9 Å². The van der Waals surface area contributed by atoms with Crippen LogP contribution in [-0.2, 0) is 11.8 Å². The van der Waals surface area contributed by atoms with Crippen molar-refractivity contribution in [3.8, 4) is 5.75 Å². The van der Waals surface area contributed by atoms with Crippen LogP contribution in [0.4, 0.5) is 8.78 Å². The molecule has 1 atom stereocenters. The fraction of sp³-hybridized carbons (Fsp3) is 0.158. The van der Waals surface area contributed by atoms with Crippen molar-refractivity contribution < 1.29 is 18.3 Å². The molecule has 0 radical (unpaired) electrons. The summed E-state index contributed by atoms with van der Waals surface area (Å²) in [6.45, 7) is -0.378. The quantitative estimate of drug-likeness (QED) is 0.738. The highest BCUT2D eigenvalue weighted by molar-refractivity contribution is 5.78. The largest absolute Gasteiger partial charge is 0.481 e. The number of rotatable bonds is 6. The number of imidazole rings is 1. The van der Waals surface area contributed by atoms with E-state index in [1.165, 1.54) is 30.3 Å². The number of benzene rings is 2. The first-order valence-corrected chi connectivity index (χ1v) is 7.94. The van der Waals surface area contributed by atoms with Crippen LogP contribution in [0.2, 0.25) is 0 Å². The predicted molar refractivity (Wildman–Crippen MR) is 91.5 cm³/mol. The van der Waals surface area contributed by atoms with E-state index < -0.39 is 23.6 Å². The van der Waals surface area contributed by atoms with E-state index in [0.717, 1.165) is 0 Å². The summed E-state index contributed by atoms with van der Waals surface area (Å²) in [5, 5.41) is 2.76. The molecule has 3 aromatic rings. The van der Waals surface area contributed by atoms with Gasteiger partial charge in [-0.05, 0) is 29.8 Å². The molecule has 0 aliphatic heterocycles. The van der Waals surface area contributed by atoms with Gasteiger partial charge in [0.25, 0.3) is 5.91 Å². The lowest BCUT2D eigenvalue weighted by atomic mass is 10.1. The maximum atomic E-state index is 13.6. The zero-order valence-corrected chi connectivity index (χ0v) is 14.0. The third-order valence-corrected chi connectivity index (χ3v) is 3.80. The Morgan fingerprint density at radius 1 is 1.23 bits per heavy atom. The van der Waals surface area contributed by atoms with E-state index >= 15 is 0 Å². The molecule has 2 aromatic carbocycles. The van der Waals surface area contributed by atoms with Gasteiger partial charge in [0.2, 0.25) is 0 Å². The molecule has 134 valence electrons. The maximum absolute atomic E-state index is 13.6. The summed E-state index contributed by atoms with van der Waals surface area (Å²) in [7, 11) is 1.77. The molecule has 1 heterocycles. The maximum Gasteiger partial charge on any atom is 0.258 e. The highest BCUT2D eigenvalue weighted by Crippen LogP contribution is 2.21. The number of para-hydroxylation sites is 1. The van der Waals surface area contributed by atoms with Gasteiger partial charge in [0.05, 0.1) is 0 Å². The van der Waals surface area contributed by atoms with Gasteiger partial charge < -0.3 is 14.6 Å². The number of hydrogen-bond donors (Lipinski definition) is 1. The van der Waals surface area contributed by atoms with E-state index in [0.29, 0.717) is 11.4 Å². The third-order valence-electron chi connectivity index (χ3n) is 3.80. The van der Waals surface area contributed by atoms with Crippen LogP contribution in [0.25, 0.3) is 0 Å². The first-order valence-electron chi connectivity index (χ1n) is 7.94. The van der Waals surface area contributed by atoms with Crippen molar-refractivity contribution in [1.29, 1.82) is 0 Å². The number of halogens is 2. The van der Waals surface area contributed by atoms with Crippen molar-refractivity contribution in [3.63, 3.8) is 0 Å². The van der Waals surface area contributed by atoms with Crippen LogP contribution in [0, 0.1) is 11.6 Å². The minimum atomic E-state index is -0.664. The summed E-state index contributed by atoms with van der Waals surface area (Å²) >= 11 is 0. The van der Waals surface area contributed by atoms with Crippen molar-refractivity contribution in [3.05, 3.63) is 83.9 Å². The molecule has 0 fully saturated rings. The van der Waals surface area contributed by atoms with Crippen LogP contribution < -0.4 is 10.1 Å². The van der Waals surface area contributed by atoms with E-state index in [2.05, 4.69) is 10.3 Å². The van der Waals surface area contributed by atoms with Gasteiger partial charge in [-0.2, -0.15) is 0 Å². The number of aromatic nitrogens is 2. The topological polar surface area (TPSA) is 56.2 Å². The van der Waals surface area contributed by atoms with Crippen molar-refractivity contribution in [2.24, 2.45) is 7.05 Å². The van der Waals surface area contributed by atoms with Crippen LogP contribution >= 0.6 is 0 Å². The zero-order valence-electron chi connectivity index (χ0n) is 14.0.